The third kappa shape index (κ3) is 3.79. The SMILES string of the molecule is C#CCS(=O)(=O)CCN1CCCC1. The summed E-state index contributed by atoms with van der Waals surface area (Å²) in [6.45, 7) is 2.71. The van der Waals surface area contributed by atoms with Crippen LogP contribution in [0.15, 0.2) is 0 Å². The third-order valence-corrected chi connectivity index (χ3v) is 3.63. The third-order valence-electron chi connectivity index (χ3n) is 2.22. The molecule has 0 amide bonds. The maximum Gasteiger partial charge on any atom is 0.162 e. The van der Waals surface area contributed by atoms with Crippen molar-refractivity contribution in [1.29, 1.82) is 0 Å². The maximum atomic E-state index is 11.2. The number of hydrogen-bond donors (Lipinski definition) is 0. The molecule has 1 aliphatic rings. The molecular formula is C9H15NO2S. The molecule has 3 nitrogen and oxygen atoms in total. The fourth-order valence-electron chi connectivity index (χ4n) is 1.47. The first kappa shape index (κ1) is 10.6. The van der Waals surface area contributed by atoms with Gasteiger partial charge in [-0.2, -0.15) is 0 Å². The molecular weight excluding hydrogens is 186 g/mol. The second kappa shape index (κ2) is 4.64. The van der Waals surface area contributed by atoms with Crippen LogP contribution in [0.2, 0.25) is 0 Å². The molecule has 0 spiro atoms. The fourth-order valence-corrected chi connectivity index (χ4v) is 2.41. The smallest absolute Gasteiger partial charge is 0.162 e. The van der Waals surface area contributed by atoms with Crippen molar-refractivity contribution in [3.8, 4) is 12.3 Å². The predicted octanol–water partition coefficient (Wildman–Crippen LogP) is 0.130. The lowest BCUT2D eigenvalue weighted by Crippen LogP contribution is -2.27. The van der Waals surface area contributed by atoms with Crippen LogP contribution in [0.3, 0.4) is 0 Å². The first-order valence-corrected chi connectivity index (χ1v) is 6.32. The molecule has 1 heterocycles. The van der Waals surface area contributed by atoms with Gasteiger partial charge in [-0.25, -0.2) is 8.42 Å². The lowest BCUT2D eigenvalue weighted by atomic mass is 10.4. The average Bonchev–Trinajstić information content (AvgIpc) is 2.52. The molecule has 1 rings (SSSR count). The minimum Gasteiger partial charge on any atom is -0.302 e. The Labute approximate surface area is 80.0 Å². The van der Waals surface area contributed by atoms with Crippen molar-refractivity contribution >= 4 is 9.84 Å². The molecule has 0 saturated carbocycles. The van der Waals surface area contributed by atoms with Gasteiger partial charge in [0.05, 0.1) is 5.75 Å². The molecule has 1 fully saturated rings. The number of rotatable bonds is 4. The summed E-state index contributed by atoms with van der Waals surface area (Å²) in [5.74, 6) is 2.26. The lowest BCUT2D eigenvalue weighted by molar-refractivity contribution is 0.359. The van der Waals surface area contributed by atoms with Crippen molar-refractivity contribution in [2.24, 2.45) is 0 Å². The molecule has 1 aliphatic heterocycles. The number of nitrogens with zero attached hydrogens (tertiary/aromatic N) is 1. The van der Waals surface area contributed by atoms with Gasteiger partial charge in [0.15, 0.2) is 9.84 Å². The Kier molecular flexibility index (Phi) is 3.76. The van der Waals surface area contributed by atoms with E-state index < -0.39 is 9.84 Å². The molecule has 0 unspecified atom stereocenters. The molecule has 0 aliphatic carbocycles. The van der Waals surface area contributed by atoms with Gasteiger partial charge in [-0.05, 0) is 25.9 Å². The fraction of sp³-hybridized carbons (Fsp3) is 0.778. The van der Waals surface area contributed by atoms with Crippen LogP contribution in [-0.2, 0) is 9.84 Å². The van der Waals surface area contributed by atoms with Gasteiger partial charge in [-0.1, -0.05) is 5.92 Å². The van der Waals surface area contributed by atoms with Crippen LogP contribution in [0.4, 0.5) is 0 Å². The Bertz CT molecular complexity index is 283. The molecule has 0 N–H and O–H groups in total. The Morgan fingerprint density at radius 3 is 2.46 bits per heavy atom. The second-order valence-electron chi connectivity index (χ2n) is 3.34. The minimum absolute atomic E-state index is 0.124. The minimum atomic E-state index is -3.00. The molecule has 13 heavy (non-hydrogen) atoms. The van der Waals surface area contributed by atoms with Gasteiger partial charge >= 0.3 is 0 Å². The topological polar surface area (TPSA) is 37.4 Å². The van der Waals surface area contributed by atoms with Crippen molar-refractivity contribution in [2.75, 3.05) is 31.1 Å². The van der Waals surface area contributed by atoms with Gasteiger partial charge in [0.25, 0.3) is 0 Å². The normalized spacial score (nSPS) is 18.7. The Hall–Kier alpha value is -0.530. The summed E-state index contributed by atoms with van der Waals surface area (Å²) in [6, 6.07) is 0. The second-order valence-corrected chi connectivity index (χ2v) is 5.53. The maximum absolute atomic E-state index is 11.2. The summed E-state index contributed by atoms with van der Waals surface area (Å²) in [7, 11) is -3.00. The van der Waals surface area contributed by atoms with Gasteiger partial charge in [0.1, 0.15) is 5.75 Å². The summed E-state index contributed by atoms with van der Waals surface area (Å²) in [4.78, 5) is 2.17. The number of sulfone groups is 1. The largest absolute Gasteiger partial charge is 0.302 e. The number of hydrogen-bond acceptors (Lipinski definition) is 3. The molecule has 0 bridgehead atoms. The highest BCUT2D eigenvalue weighted by atomic mass is 32.2. The average molecular weight is 201 g/mol. The summed E-state index contributed by atoms with van der Waals surface area (Å²) in [5, 5.41) is 0. The predicted molar refractivity (Wildman–Crippen MR) is 53.2 cm³/mol. The summed E-state index contributed by atoms with van der Waals surface area (Å²) in [6.07, 6.45) is 7.33. The van der Waals surface area contributed by atoms with Gasteiger partial charge in [0, 0.05) is 6.54 Å². The molecule has 4 heteroatoms. The van der Waals surface area contributed by atoms with E-state index in [0.717, 1.165) is 13.1 Å². The van der Waals surface area contributed by atoms with Crippen LogP contribution in [0.25, 0.3) is 0 Å². The van der Waals surface area contributed by atoms with Crippen LogP contribution in [0.1, 0.15) is 12.8 Å². The van der Waals surface area contributed by atoms with Crippen LogP contribution in [0.5, 0.6) is 0 Å². The van der Waals surface area contributed by atoms with Gasteiger partial charge in [-0.3, -0.25) is 0 Å². The zero-order valence-electron chi connectivity index (χ0n) is 7.70. The molecule has 74 valence electrons. The standard InChI is InChI=1S/C9H15NO2S/c1-2-8-13(11,12)9-7-10-5-3-4-6-10/h1H,3-9H2. The summed E-state index contributed by atoms with van der Waals surface area (Å²) < 4.78 is 22.4. The van der Waals surface area contributed by atoms with E-state index in [1.54, 1.807) is 0 Å². The van der Waals surface area contributed by atoms with Crippen molar-refractivity contribution < 1.29 is 8.42 Å². The van der Waals surface area contributed by atoms with E-state index in [1.807, 2.05) is 0 Å². The van der Waals surface area contributed by atoms with Crippen molar-refractivity contribution in [3.63, 3.8) is 0 Å². The first-order valence-electron chi connectivity index (χ1n) is 4.50. The van der Waals surface area contributed by atoms with Crippen molar-refractivity contribution in [1.82, 2.24) is 4.90 Å². The van der Waals surface area contributed by atoms with Crippen LogP contribution in [-0.4, -0.2) is 44.5 Å². The van der Waals surface area contributed by atoms with E-state index in [9.17, 15) is 8.42 Å². The molecule has 0 aromatic rings. The van der Waals surface area contributed by atoms with E-state index >= 15 is 0 Å². The van der Waals surface area contributed by atoms with Crippen LogP contribution in [0, 0.1) is 12.3 Å². The molecule has 0 atom stereocenters. The van der Waals surface area contributed by atoms with E-state index in [2.05, 4.69) is 10.8 Å². The van der Waals surface area contributed by atoms with Gasteiger partial charge in [0.2, 0.25) is 0 Å². The molecule has 0 aromatic heterocycles. The van der Waals surface area contributed by atoms with Crippen molar-refractivity contribution in [2.45, 2.75) is 12.8 Å². The first-order chi connectivity index (χ1) is 6.14. The number of likely N-dealkylation sites (tertiary alicyclic amines) is 1. The quantitative estimate of drug-likeness (QED) is 0.607. The number of terminal acetylenes is 1. The van der Waals surface area contributed by atoms with E-state index in [0.29, 0.717) is 6.54 Å². The monoisotopic (exact) mass is 201 g/mol. The van der Waals surface area contributed by atoms with Crippen LogP contribution < -0.4 is 0 Å². The van der Waals surface area contributed by atoms with E-state index in [1.165, 1.54) is 12.8 Å². The van der Waals surface area contributed by atoms with Gasteiger partial charge in [-0.15, -0.1) is 6.42 Å². The Morgan fingerprint density at radius 2 is 1.92 bits per heavy atom. The molecule has 1 saturated heterocycles. The zero-order valence-corrected chi connectivity index (χ0v) is 8.52. The van der Waals surface area contributed by atoms with E-state index in [-0.39, 0.29) is 11.5 Å². The van der Waals surface area contributed by atoms with Crippen LogP contribution >= 0.6 is 0 Å². The van der Waals surface area contributed by atoms with E-state index in [4.69, 9.17) is 6.42 Å². The highest BCUT2D eigenvalue weighted by Gasteiger charge is 2.15. The summed E-state index contributed by atoms with van der Waals surface area (Å²) in [5.41, 5.74) is 0. The highest BCUT2D eigenvalue weighted by Crippen LogP contribution is 2.06. The highest BCUT2D eigenvalue weighted by molar-refractivity contribution is 7.91. The Morgan fingerprint density at radius 1 is 1.31 bits per heavy atom. The zero-order chi connectivity index (χ0) is 9.73. The van der Waals surface area contributed by atoms with Gasteiger partial charge < -0.3 is 4.90 Å². The molecule has 0 radical (unpaired) electrons. The Balaban J connectivity index is 2.29. The molecule has 0 aromatic carbocycles. The van der Waals surface area contributed by atoms with Crippen molar-refractivity contribution in [3.05, 3.63) is 0 Å². The lowest BCUT2D eigenvalue weighted by Gasteiger charge is -2.13. The summed E-state index contributed by atoms with van der Waals surface area (Å²) >= 11 is 0.